The van der Waals surface area contributed by atoms with Crippen molar-refractivity contribution in [3.8, 4) is 0 Å². The van der Waals surface area contributed by atoms with Gasteiger partial charge in [-0.3, -0.25) is 4.79 Å². The first-order valence-corrected chi connectivity index (χ1v) is 8.71. The van der Waals surface area contributed by atoms with E-state index in [-0.39, 0.29) is 11.3 Å². The third-order valence-corrected chi connectivity index (χ3v) is 4.70. The van der Waals surface area contributed by atoms with Gasteiger partial charge in [-0.15, -0.1) is 11.6 Å². The maximum absolute atomic E-state index is 11.9. The number of fused-ring (bicyclic) bond motifs is 1. The molecule has 116 valence electrons. The van der Waals surface area contributed by atoms with Gasteiger partial charge in [0.1, 0.15) is 0 Å². The van der Waals surface area contributed by atoms with Crippen LogP contribution in [0.3, 0.4) is 0 Å². The van der Waals surface area contributed by atoms with Crippen molar-refractivity contribution in [3.05, 3.63) is 34.9 Å². The van der Waals surface area contributed by atoms with E-state index in [1.807, 2.05) is 6.07 Å². The van der Waals surface area contributed by atoms with Crippen LogP contribution in [0.1, 0.15) is 78.7 Å². The quantitative estimate of drug-likeness (QED) is 0.531. The maximum Gasteiger partial charge on any atom is 0.251 e. The van der Waals surface area contributed by atoms with Crippen LogP contribution < -0.4 is 5.32 Å². The van der Waals surface area contributed by atoms with Crippen LogP contribution in [0.15, 0.2) is 18.2 Å². The van der Waals surface area contributed by atoms with Gasteiger partial charge in [0.15, 0.2) is 0 Å². The van der Waals surface area contributed by atoms with Crippen LogP contribution in [0.25, 0.3) is 0 Å². The van der Waals surface area contributed by atoms with Crippen molar-refractivity contribution in [1.82, 2.24) is 5.32 Å². The molecule has 2 rings (SSSR count). The van der Waals surface area contributed by atoms with Crippen LogP contribution in [0.5, 0.6) is 0 Å². The molecule has 1 aromatic rings. The molecule has 0 saturated heterocycles. The highest BCUT2D eigenvalue weighted by Gasteiger charge is 2.18. The number of carbonyl (C=O) groups excluding carboxylic acids is 1. The number of hydrogen-bond acceptors (Lipinski definition) is 1. The molecule has 0 aromatic heterocycles. The summed E-state index contributed by atoms with van der Waals surface area (Å²) < 4.78 is 0. The molecule has 1 unspecified atom stereocenters. The minimum absolute atomic E-state index is 0.0243. The highest BCUT2D eigenvalue weighted by atomic mass is 35.5. The van der Waals surface area contributed by atoms with Gasteiger partial charge in [0.05, 0.1) is 5.38 Å². The third kappa shape index (κ3) is 4.74. The first-order chi connectivity index (χ1) is 10.2. The van der Waals surface area contributed by atoms with Gasteiger partial charge in [0.25, 0.3) is 5.91 Å². The minimum Gasteiger partial charge on any atom is -0.352 e. The Bertz CT molecular complexity index is 472. The number of alkyl halides is 1. The molecule has 1 amide bonds. The normalized spacial score (nSPS) is 15.4. The van der Waals surface area contributed by atoms with Crippen molar-refractivity contribution in [1.29, 1.82) is 0 Å². The van der Waals surface area contributed by atoms with Crippen molar-refractivity contribution in [2.75, 3.05) is 6.54 Å². The maximum atomic E-state index is 11.9. The molecule has 2 nitrogen and oxygen atoms in total. The fourth-order valence-electron chi connectivity index (χ4n) is 2.89. The standard InChI is InChI=1S/C18H26ClNO/c1-2-3-4-5-6-7-8-17(19)15-10-9-14-11-12-20-18(21)16(14)13-15/h9-10,13,17H,2-8,11-12H2,1H3,(H,20,21). The molecule has 0 fully saturated rings. The average Bonchev–Trinajstić information content (AvgIpc) is 2.50. The van der Waals surface area contributed by atoms with Crippen LogP contribution in [0.2, 0.25) is 0 Å². The molecule has 21 heavy (non-hydrogen) atoms. The van der Waals surface area contributed by atoms with E-state index in [1.165, 1.54) is 38.5 Å². The fraction of sp³-hybridized carbons (Fsp3) is 0.611. The Balaban J connectivity index is 1.84. The van der Waals surface area contributed by atoms with E-state index in [1.54, 1.807) is 0 Å². The van der Waals surface area contributed by atoms with Crippen molar-refractivity contribution in [2.45, 2.75) is 63.7 Å². The van der Waals surface area contributed by atoms with Gasteiger partial charge in [-0.25, -0.2) is 0 Å². The molecular weight excluding hydrogens is 282 g/mol. The van der Waals surface area contributed by atoms with Crippen LogP contribution in [-0.2, 0) is 6.42 Å². The van der Waals surface area contributed by atoms with Gasteiger partial charge in [0, 0.05) is 12.1 Å². The number of rotatable bonds is 8. The summed E-state index contributed by atoms with van der Waals surface area (Å²) >= 11 is 6.50. The Hall–Kier alpha value is -1.02. The lowest BCUT2D eigenvalue weighted by Crippen LogP contribution is -2.31. The van der Waals surface area contributed by atoms with E-state index in [0.717, 1.165) is 36.1 Å². The zero-order chi connectivity index (χ0) is 15.1. The van der Waals surface area contributed by atoms with E-state index in [2.05, 4.69) is 24.4 Å². The average molecular weight is 308 g/mol. The zero-order valence-electron chi connectivity index (χ0n) is 13.0. The predicted octanol–water partition coefficient (Wildman–Crippen LogP) is 5.00. The van der Waals surface area contributed by atoms with Crippen LogP contribution in [-0.4, -0.2) is 12.5 Å². The van der Waals surface area contributed by atoms with Crippen molar-refractivity contribution < 1.29 is 4.79 Å². The summed E-state index contributed by atoms with van der Waals surface area (Å²) in [5.74, 6) is 0.0431. The summed E-state index contributed by atoms with van der Waals surface area (Å²) in [6.07, 6.45) is 9.61. The molecule has 1 aromatic carbocycles. The molecule has 1 aliphatic heterocycles. The number of nitrogens with one attached hydrogen (secondary N) is 1. The zero-order valence-corrected chi connectivity index (χ0v) is 13.7. The van der Waals surface area contributed by atoms with Gasteiger partial charge in [0.2, 0.25) is 0 Å². The first-order valence-electron chi connectivity index (χ1n) is 8.27. The number of carbonyl (C=O) groups is 1. The number of unbranched alkanes of at least 4 members (excludes halogenated alkanes) is 5. The Kier molecular flexibility index (Phi) is 6.56. The molecule has 0 bridgehead atoms. The Morgan fingerprint density at radius 2 is 1.95 bits per heavy atom. The molecule has 3 heteroatoms. The van der Waals surface area contributed by atoms with E-state index < -0.39 is 0 Å². The van der Waals surface area contributed by atoms with Gasteiger partial charge in [-0.2, -0.15) is 0 Å². The van der Waals surface area contributed by atoms with E-state index in [0.29, 0.717) is 0 Å². The van der Waals surface area contributed by atoms with Crippen molar-refractivity contribution in [3.63, 3.8) is 0 Å². The second kappa shape index (κ2) is 8.43. The monoisotopic (exact) mass is 307 g/mol. The number of halogens is 1. The molecule has 1 atom stereocenters. The lowest BCUT2D eigenvalue weighted by Gasteiger charge is -2.18. The van der Waals surface area contributed by atoms with E-state index >= 15 is 0 Å². The van der Waals surface area contributed by atoms with Crippen molar-refractivity contribution >= 4 is 17.5 Å². The Morgan fingerprint density at radius 1 is 1.19 bits per heavy atom. The molecule has 0 radical (unpaired) electrons. The highest BCUT2D eigenvalue weighted by Crippen LogP contribution is 2.29. The predicted molar refractivity (Wildman–Crippen MR) is 89.1 cm³/mol. The largest absolute Gasteiger partial charge is 0.352 e. The van der Waals surface area contributed by atoms with Crippen molar-refractivity contribution in [2.24, 2.45) is 0 Å². The second-order valence-corrected chi connectivity index (χ2v) is 6.47. The summed E-state index contributed by atoms with van der Waals surface area (Å²) in [7, 11) is 0. The molecule has 0 spiro atoms. The summed E-state index contributed by atoms with van der Waals surface area (Å²) in [4.78, 5) is 11.9. The van der Waals surface area contributed by atoms with E-state index in [4.69, 9.17) is 11.6 Å². The summed E-state index contributed by atoms with van der Waals surface area (Å²) in [6, 6.07) is 6.14. The first kappa shape index (κ1) is 16.4. The molecule has 0 aliphatic carbocycles. The topological polar surface area (TPSA) is 29.1 Å². The molecule has 1 N–H and O–H groups in total. The Morgan fingerprint density at radius 3 is 2.76 bits per heavy atom. The minimum atomic E-state index is 0.0243. The summed E-state index contributed by atoms with van der Waals surface area (Å²) in [5, 5.41) is 2.92. The van der Waals surface area contributed by atoms with Gasteiger partial charge in [-0.1, -0.05) is 57.6 Å². The SMILES string of the molecule is CCCCCCCCC(Cl)c1ccc2c(c1)C(=O)NCC2. The molecular formula is C18H26ClNO. The number of hydrogen-bond donors (Lipinski definition) is 1. The lowest BCUT2D eigenvalue weighted by atomic mass is 9.95. The van der Waals surface area contributed by atoms with E-state index in [9.17, 15) is 4.79 Å². The fourth-order valence-corrected chi connectivity index (χ4v) is 3.18. The molecule has 1 heterocycles. The summed E-state index contributed by atoms with van der Waals surface area (Å²) in [5.41, 5.74) is 3.04. The highest BCUT2D eigenvalue weighted by molar-refractivity contribution is 6.20. The number of benzene rings is 1. The van der Waals surface area contributed by atoms with Gasteiger partial charge >= 0.3 is 0 Å². The van der Waals surface area contributed by atoms with Gasteiger partial charge < -0.3 is 5.32 Å². The smallest absolute Gasteiger partial charge is 0.251 e. The van der Waals surface area contributed by atoms with Crippen LogP contribution in [0.4, 0.5) is 0 Å². The van der Waals surface area contributed by atoms with Crippen LogP contribution in [0, 0.1) is 0 Å². The molecule has 0 saturated carbocycles. The Labute approximate surface area is 133 Å². The van der Waals surface area contributed by atoms with Crippen LogP contribution >= 0.6 is 11.6 Å². The van der Waals surface area contributed by atoms with Gasteiger partial charge in [-0.05, 0) is 30.0 Å². The number of amides is 1. The lowest BCUT2D eigenvalue weighted by molar-refractivity contribution is 0.0946. The summed E-state index contributed by atoms with van der Waals surface area (Å²) in [6.45, 7) is 2.98. The third-order valence-electron chi connectivity index (χ3n) is 4.23. The molecule has 1 aliphatic rings. The second-order valence-electron chi connectivity index (χ2n) is 5.95.